The maximum Gasteiger partial charge on any atom is 0.255 e. The summed E-state index contributed by atoms with van der Waals surface area (Å²) in [6.07, 6.45) is 1.07. The Morgan fingerprint density at radius 3 is 2.17 bits per heavy atom. The molecule has 4 rings (SSSR count). The van der Waals surface area contributed by atoms with Crippen LogP contribution in [0.15, 0.2) is 113 Å². The monoisotopic (exact) mass is 506 g/mol. The predicted octanol–water partition coefficient (Wildman–Crippen LogP) is 6.20. The number of carbonyl (C=O) groups is 1. The third-order valence-electron chi connectivity index (χ3n) is 5.20. The Kier molecular flexibility index (Phi) is 7.53. The second-order valence-electron chi connectivity index (χ2n) is 7.77. The van der Waals surface area contributed by atoms with Gasteiger partial charge < -0.3 is 5.32 Å². The fourth-order valence-electron chi connectivity index (χ4n) is 3.43. The van der Waals surface area contributed by atoms with Gasteiger partial charge in [-0.25, -0.2) is 12.8 Å². The first-order valence-corrected chi connectivity index (χ1v) is 13.4. The Morgan fingerprint density at radius 2 is 1.49 bits per heavy atom. The van der Waals surface area contributed by atoms with Gasteiger partial charge in [0.1, 0.15) is 5.82 Å². The minimum atomic E-state index is -3.69. The van der Waals surface area contributed by atoms with Crippen LogP contribution in [0.2, 0.25) is 0 Å². The van der Waals surface area contributed by atoms with E-state index in [-0.39, 0.29) is 18.0 Å². The zero-order valence-corrected chi connectivity index (χ0v) is 20.5. The first-order valence-electron chi connectivity index (χ1n) is 10.8. The lowest BCUT2D eigenvalue weighted by molar-refractivity contribution is 0.102. The molecule has 4 aromatic rings. The lowest BCUT2D eigenvalue weighted by Gasteiger charge is -2.23. The van der Waals surface area contributed by atoms with E-state index in [1.54, 1.807) is 54.2 Å². The zero-order valence-electron chi connectivity index (χ0n) is 18.9. The molecule has 0 heterocycles. The third kappa shape index (κ3) is 6.29. The fourth-order valence-corrected chi connectivity index (χ4v) is 5.23. The maximum absolute atomic E-state index is 14.1. The molecule has 0 aliphatic rings. The van der Waals surface area contributed by atoms with Crippen LogP contribution in [0.25, 0.3) is 0 Å². The van der Waals surface area contributed by atoms with Crippen LogP contribution in [0.5, 0.6) is 0 Å². The van der Waals surface area contributed by atoms with Gasteiger partial charge in [0.15, 0.2) is 0 Å². The molecule has 0 saturated heterocycles. The summed E-state index contributed by atoms with van der Waals surface area (Å²) in [4.78, 5) is 14.9. The molecule has 4 aromatic carbocycles. The number of para-hydroxylation sites is 1. The number of rotatable bonds is 8. The van der Waals surface area contributed by atoms with Crippen molar-refractivity contribution in [2.45, 2.75) is 16.3 Å². The summed E-state index contributed by atoms with van der Waals surface area (Å²) in [5.41, 5.74) is 1.64. The number of anilines is 2. The molecule has 35 heavy (non-hydrogen) atoms. The summed E-state index contributed by atoms with van der Waals surface area (Å²) < 4.78 is 40.1. The molecule has 1 N–H and O–H groups in total. The molecule has 5 nitrogen and oxygen atoms in total. The first-order chi connectivity index (χ1) is 16.8. The summed E-state index contributed by atoms with van der Waals surface area (Å²) in [5.74, 6) is -0.804. The van der Waals surface area contributed by atoms with Gasteiger partial charge in [0.25, 0.3) is 5.91 Å². The minimum absolute atomic E-state index is 0.152. The van der Waals surface area contributed by atoms with Gasteiger partial charge in [0.2, 0.25) is 10.0 Å². The van der Waals surface area contributed by atoms with Crippen molar-refractivity contribution in [2.24, 2.45) is 0 Å². The molecule has 0 radical (unpaired) electrons. The summed E-state index contributed by atoms with van der Waals surface area (Å²) in [7, 11) is -3.69. The van der Waals surface area contributed by atoms with Crippen molar-refractivity contribution in [1.82, 2.24) is 0 Å². The molecular formula is C27H23FN2O3S2. The number of sulfonamides is 1. The molecule has 0 spiro atoms. The Balaban J connectivity index is 1.53. The summed E-state index contributed by atoms with van der Waals surface area (Å²) in [6.45, 7) is -0.152. The Labute approximate surface area is 208 Å². The summed E-state index contributed by atoms with van der Waals surface area (Å²) in [6, 6.07) is 29.6. The largest absolute Gasteiger partial charge is 0.321 e. The normalized spacial score (nSPS) is 11.1. The molecule has 178 valence electrons. The van der Waals surface area contributed by atoms with Crippen LogP contribution in [0.3, 0.4) is 0 Å². The molecule has 8 heteroatoms. The lowest BCUT2D eigenvalue weighted by Crippen LogP contribution is -2.29. The fraction of sp³-hybridized carbons (Fsp3) is 0.0741. The molecule has 0 saturated carbocycles. The maximum atomic E-state index is 14.1. The van der Waals surface area contributed by atoms with Gasteiger partial charge in [0, 0.05) is 20.9 Å². The van der Waals surface area contributed by atoms with Gasteiger partial charge in [0.05, 0.1) is 24.2 Å². The number of nitrogens with zero attached hydrogens (tertiary/aromatic N) is 1. The molecule has 0 atom stereocenters. The van der Waals surface area contributed by atoms with Gasteiger partial charge in [-0.1, -0.05) is 60.3 Å². The number of hydrogen-bond donors (Lipinski definition) is 1. The van der Waals surface area contributed by atoms with E-state index in [2.05, 4.69) is 5.32 Å². The average Bonchev–Trinajstić information content (AvgIpc) is 2.85. The van der Waals surface area contributed by atoms with Gasteiger partial charge >= 0.3 is 0 Å². The number of halogens is 1. The number of carbonyl (C=O) groups excluding carboxylic acids is 1. The number of amides is 1. The van der Waals surface area contributed by atoms with Crippen molar-refractivity contribution < 1.29 is 17.6 Å². The van der Waals surface area contributed by atoms with Gasteiger partial charge in [-0.3, -0.25) is 9.10 Å². The molecule has 0 aliphatic heterocycles. The van der Waals surface area contributed by atoms with Crippen LogP contribution in [0.1, 0.15) is 15.9 Å². The molecule has 1 amide bonds. The van der Waals surface area contributed by atoms with E-state index in [9.17, 15) is 17.6 Å². The Morgan fingerprint density at radius 1 is 0.857 bits per heavy atom. The number of nitrogens with one attached hydrogen (secondary N) is 1. The van der Waals surface area contributed by atoms with Crippen molar-refractivity contribution in [1.29, 1.82) is 0 Å². The second-order valence-corrected chi connectivity index (χ2v) is 10.8. The van der Waals surface area contributed by atoms with Crippen molar-refractivity contribution in [2.75, 3.05) is 15.9 Å². The lowest BCUT2D eigenvalue weighted by atomic mass is 10.1. The molecule has 0 fully saturated rings. The molecule has 0 aliphatic carbocycles. The van der Waals surface area contributed by atoms with Crippen LogP contribution >= 0.6 is 11.8 Å². The summed E-state index contributed by atoms with van der Waals surface area (Å²) >= 11 is 1.54. The smallest absolute Gasteiger partial charge is 0.255 e. The zero-order chi connectivity index (χ0) is 24.8. The average molecular weight is 507 g/mol. The van der Waals surface area contributed by atoms with Crippen LogP contribution in [-0.4, -0.2) is 20.6 Å². The van der Waals surface area contributed by atoms with Crippen molar-refractivity contribution in [3.8, 4) is 0 Å². The van der Waals surface area contributed by atoms with E-state index in [0.29, 0.717) is 16.9 Å². The van der Waals surface area contributed by atoms with Gasteiger partial charge in [-0.2, -0.15) is 0 Å². The highest BCUT2D eigenvalue weighted by atomic mass is 32.2. The van der Waals surface area contributed by atoms with E-state index in [1.807, 2.05) is 54.6 Å². The quantitative estimate of drug-likeness (QED) is 0.309. The highest BCUT2D eigenvalue weighted by Gasteiger charge is 2.20. The third-order valence-corrected chi connectivity index (χ3v) is 7.42. The predicted molar refractivity (Wildman–Crippen MR) is 139 cm³/mol. The van der Waals surface area contributed by atoms with E-state index in [1.165, 1.54) is 6.07 Å². The van der Waals surface area contributed by atoms with E-state index in [0.717, 1.165) is 20.4 Å². The van der Waals surface area contributed by atoms with Gasteiger partial charge in [-0.05, 0) is 54.6 Å². The Bertz CT molecular complexity index is 1430. The molecular weight excluding hydrogens is 483 g/mol. The molecule has 0 aromatic heterocycles. The standard InChI is InChI=1S/C27H23FN2O3S2/c1-35(32,33)30(19-21-9-5-6-12-24(21)28)22-17-15-20(16-18-22)27(31)29-25-13-7-8-14-26(25)34-23-10-3-2-4-11-23/h2-18H,19H2,1H3,(H,29,31). The van der Waals surface area contributed by atoms with Crippen molar-refractivity contribution >= 4 is 39.1 Å². The highest BCUT2D eigenvalue weighted by molar-refractivity contribution is 7.99. The number of hydrogen-bond acceptors (Lipinski definition) is 4. The van der Waals surface area contributed by atoms with Gasteiger partial charge in [-0.15, -0.1) is 0 Å². The van der Waals surface area contributed by atoms with Crippen molar-refractivity contribution in [3.05, 3.63) is 120 Å². The van der Waals surface area contributed by atoms with Crippen LogP contribution in [0.4, 0.5) is 15.8 Å². The molecule has 0 unspecified atom stereocenters. The molecule has 0 bridgehead atoms. The SMILES string of the molecule is CS(=O)(=O)N(Cc1ccccc1F)c1ccc(C(=O)Nc2ccccc2Sc2ccccc2)cc1. The van der Waals surface area contributed by atoms with E-state index < -0.39 is 15.8 Å². The highest BCUT2D eigenvalue weighted by Crippen LogP contribution is 2.33. The number of benzene rings is 4. The second kappa shape index (κ2) is 10.8. The van der Waals surface area contributed by atoms with Crippen LogP contribution < -0.4 is 9.62 Å². The Hall–Kier alpha value is -3.62. The van der Waals surface area contributed by atoms with E-state index >= 15 is 0 Å². The van der Waals surface area contributed by atoms with E-state index in [4.69, 9.17) is 0 Å². The first kappa shape index (κ1) is 24.5. The van der Waals surface area contributed by atoms with Crippen LogP contribution in [-0.2, 0) is 16.6 Å². The summed E-state index contributed by atoms with van der Waals surface area (Å²) in [5, 5.41) is 2.93. The minimum Gasteiger partial charge on any atom is -0.321 e. The topological polar surface area (TPSA) is 66.5 Å². The van der Waals surface area contributed by atoms with Crippen LogP contribution in [0, 0.1) is 5.82 Å². The van der Waals surface area contributed by atoms with Crippen molar-refractivity contribution in [3.63, 3.8) is 0 Å².